The molecule has 0 aromatic carbocycles. The number of hydrogen-bond acceptors (Lipinski definition) is 12. The van der Waals surface area contributed by atoms with Gasteiger partial charge < -0.3 is 59.1 Å². The van der Waals surface area contributed by atoms with Crippen LogP contribution in [0, 0.1) is 0 Å². The standard InChI is InChI=1S/6C5H12O2.2W/c6*1-5(2,6)4-7-3;;/h6*6H,4H2,1-3H3;;. The molecular formula is C30H72O12W2. The second-order valence-electron chi connectivity index (χ2n) is 13.5. The zero-order valence-corrected chi connectivity index (χ0v) is 37.1. The number of methoxy groups -OCH3 is 6. The van der Waals surface area contributed by atoms with E-state index < -0.39 is 33.6 Å². The van der Waals surface area contributed by atoms with E-state index in [0.717, 1.165) is 0 Å². The van der Waals surface area contributed by atoms with Gasteiger partial charge in [0.05, 0.1) is 73.2 Å². The van der Waals surface area contributed by atoms with Crippen molar-refractivity contribution in [2.45, 2.75) is 117 Å². The van der Waals surface area contributed by atoms with Crippen molar-refractivity contribution in [1.29, 1.82) is 0 Å². The van der Waals surface area contributed by atoms with E-state index in [-0.39, 0.29) is 0 Å². The molecule has 0 amide bonds. The minimum absolute atomic E-state index is 0.396. The first-order valence-electron chi connectivity index (χ1n) is 13.8. The van der Waals surface area contributed by atoms with E-state index in [1.165, 1.54) is 0 Å². The fourth-order valence-electron chi connectivity index (χ4n) is 2.12. The third kappa shape index (κ3) is 121. The Morgan fingerprint density at radius 3 is 0.364 bits per heavy atom. The first kappa shape index (κ1) is 60.2. The molecule has 44 heavy (non-hydrogen) atoms. The van der Waals surface area contributed by atoms with Crippen molar-refractivity contribution in [2.24, 2.45) is 0 Å². The Morgan fingerprint density at radius 2 is 0.364 bits per heavy atom. The molecule has 0 aromatic rings. The van der Waals surface area contributed by atoms with E-state index in [4.69, 9.17) is 30.6 Å². The van der Waals surface area contributed by atoms with Crippen LogP contribution in [-0.2, 0) is 60.3 Å². The quantitative estimate of drug-likeness (QED) is 0.169. The second kappa shape index (κ2) is 33.8. The van der Waals surface area contributed by atoms with Crippen LogP contribution in [0.15, 0.2) is 0 Å². The minimum atomic E-state index is -0.672. The normalized spacial score (nSPS) is 11.5. The molecule has 0 aliphatic heterocycles. The number of hydrogen-bond donors (Lipinski definition) is 6. The summed E-state index contributed by atoms with van der Waals surface area (Å²) in [6.07, 6.45) is 0. The predicted octanol–water partition coefficient (Wildman–Crippen LogP) is 2.42. The number of aliphatic hydroxyl groups is 6. The Morgan fingerprint density at radius 1 is 0.295 bits per heavy atom. The average molecular weight is 993 g/mol. The summed E-state index contributed by atoms with van der Waals surface area (Å²) in [5, 5.41) is 53.4. The van der Waals surface area contributed by atoms with Crippen LogP contribution in [0.1, 0.15) is 83.1 Å². The zero-order valence-electron chi connectivity index (χ0n) is 31.2. The van der Waals surface area contributed by atoms with E-state index in [1.807, 2.05) is 0 Å². The molecule has 6 N–H and O–H groups in total. The fraction of sp³-hybridized carbons (Fsp3) is 1.00. The van der Waals surface area contributed by atoms with Gasteiger partial charge in [0.1, 0.15) is 0 Å². The summed E-state index contributed by atoms with van der Waals surface area (Å²) in [7, 11) is 9.40. The Bertz CT molecular complexity index is 441. The molecule has 0 aromatic heterocycles. The topological polar surface area (TPSA) is 177 Å². The first-order chi connectivity index (χ1) is 19.4. The van der Waals surface area contributed by atoms with Crippen LogP contribution in [0.4, 0.5) is 0 Å². The van der Waals surface area contributed by atoms with Crippen LogP contribution in [-0.4, -0.2) is 147 Å². The molecule has 276 valence electrons. The molecule has 0 rings (SSSR count). The van der Waals surface area contributed by atoms with E-state index in [1.54, 1.807) is 158 Å². The molecule has 0 fully saturated rings. The van der Waals surface area contributed by atoms with E-state index in [2.05, 4.69) is 28.4 Å². The predicted molar refractivity (Wildman–Crippen MR) is 169 cm³/mol. The van der Waals surface area contributed by atoms with Gasteiger partial charge in [-0.2, -0.15) is 0 Å². The van der Waals surface area contributed by atoms with Crippen molar-refractivity contribution in [3.63, 3.8) is 0 Å². The third-order valence-corrected chi connectivity index (χ3v) is 2.99. The molecule has 12 nitrogen and oxygen atoms in total. The molecule has 14 heteroatoms. The van der Waals surface area contributed by atoms with Crippen LogP contribution in [0.2, 0.25) is 0 Å². The molecule has 0 aliphatic carbocycles. The van der Waals surface area contributed by atoms with Crippen molar-refractivity contribution in [1.82, 2.24) is 0 Å². The second-order valence-corrected chi connectivity index (χ2v) is 13.5. The molecule has 0 radical (unpaired) electrons. The van der Waals surface area contributed by atoms with Crippen molar-refractivity contribution in [3.05, 3.63) is 0 Å². The summed E-state index contributed by atoms with van der Waals surface area (Å²) >= 11 is 3.33. The molecule has 0 aliphatic rings. The SMILES string of the molecule is COCC(C)(C)O.COCC(C)(C)O.COCC(C)(C)O.COCC(C)(C)O.COCC(C)(C)O.COCC(C)(C)O.[W]#[W]. The first-order valence-corrected chi connectivity index (χ1v) is 24.8. The van der Waals surface area contributed by atoms with Crippen LogP contribution in [0.25, 0.3) is 0 Å². The maximum absolute atomic E-state index is 8.89. The van der Waals surface area contributed by atoms with E-state index >= 15 is 0 Å². The Hall–Kier alpha value is 0.897. The van der Waals surface area contributed by atoms with E-state index in [0.29, 0.717) is 39.6 Å². The van der Waals surface area contributed by atoms with Gasteiger partial charge in [-0.1, -0.05) is 0 Å². The summed E-state index contributed by atoms with van der Waals surface area (Å²) in [6.45, 7) is 22.8. The van der Waals surface area contributed by atoms with Gasteiger partial charge in [-0.15, -0.1) is 0 Å². The summed E-state index contributed by atoms with van der Waals surface area (Å²) in [5.74, 6) is 0. The van der Waals surface area contributed by atoms with E-state index in [9.17, 15) is 0 Å². The third-order valence-electron chi connectivity index (χ3n) is 2.99. The molecule has 0 heterocycles. The molecular weight excluding hydrogens is 920 g/mol. The van der Waals surface area contributed by atoms with Gasteiger partial charge in [-0.05, 0) is 83.1 Å². The number of ether oxygens (including phenoxy) is 6. The van der Waals surface area contributed by atoms with Gasteiger partial charge in [0.25, 0.3) is 0 Å². The van der Waals surface area contributed by atoms with Crippen LogP contribution < -0.4 is 0 Å². The zero-order chi connectivity index (χ0) is 37.5. The van der Waals surface area contributed by atoms with Crippen LogP contribution in [0.5, 0.6) is 0 Å². The van der Waals surface area contributed by atoms with Gasteiger partial charge in [0, 0.05) is 42.7 Å². The average Bonchev–Trinajstić information content (AvgIpc) is 2.72. The van der Waals surface area contributed by atoms with Gasteiger partial charge in [0.15, 0.2) is 0 Å². The Labute approximate surface area is 288 Å². The molecule has 0 spiro atoms. The van der Waals surface area contributed by atoms with Crippen molar-refractivity contribution in [2.75, 3.05) is 82.3 Å². The molecule has 0 bridgehead atoms. The Balaban J connectivity index is -0.0000000738. The molecule has 0 saturated carbocycles. The van der Waals surface area contributed by atoms with Gasteiger partial charge in [-0.25, -0.2) is 0 Å². The maximum atomic E-state index is 8.89. The molecule has 0 saturated heterocycles. The monoisotopic (exact) mass is 992 g/mol. The fourth-order valence-corrected chi connectivity index (χ4v) is 2.12. The van der Waals surface area contributed by atoms with Gasteiger partial charge in [-0.3, -0.25) is 0 Å². The summed E-state index contributed by atoms with van der Waals surface area (Å²) < 4.78 is 27.9. The summed E-state index contributed by atoms with van der Waals surface area (Å²) in [6, 6.07) is 0. The number of rotatable bonds is 12. The summed E-state index contributed by atoms with van der Waals surface area (Å²) in [5.41, 5.74) is -4.03. The van der Waals surface area contributed by atoms with Crippen LogP contribution in [0.3, 0.4) is 0 Å². The van der Waals surface area contributed by atoms with Crippen molar-refractivity contribution >= 4 is 0 Å². The Kier molecular flexibility index (Phi) is 46.3. The van der Waals surface area contributed by atoms with Crippen molar-refractivity contribution in [3.8, 4) is 0 Å². The van der Waals surface area contributed by atoms with Gasteiger partial charge in [0.2, 0.25) is 0 Å². The van der Waals surface area contributed by atoms with Crippen molar-refractivity contribution < 1.29 is 90.9 Å². The summed E-state index contributed by atoms with van der Waals surface area (Å²) in [4.78, 5) is 0. The van der Waals surface area contributed by atoms with Gasteiger partial charge >= 0.3 is 31.9 Å². The molecule has 0 unspecified atom stereocenters. The molecule has 0 atom stereocenters. The van der Waals surface area contributed by atoms with Crippen LogP contribution >= 0.6 is 0 Å².